The largest absolute Gasteiger partial charge is 0.474 e. The Labute approximate surface area is 167 Å². The molecule has 156 valence electrons. The summed E-state index contributed by atoms with van der Waals surface area (Å²) in [6, 6.07) is 5.09. The summed E-state index contributed by atoms with van der Waals surface area (Å²) in [6.45, 7) is 2.42. The van der Waals surface area contributed by atoms with E-state index in [1.54, 1.807) is 6.92 Å². The molecule has 0 bridgehead atoms. The number of nitrogens with zero attached hydrogens (tertiary/aromatic N) is 3. The molecule has 1 aliphatic heterocycles. The fourth-order valence-electron chi connectivity index (χ4n) is 2.97. The van der Waals surface area contributed by atoms with Crippen molar-refractivity contribution >= 4 is 27.4 Å². The first kappa shape index (κ1) is 20.8. The van der Waals surface area contributed by atoms with Gasteiger partial charge in [-0.25, -0.2) is 22.6 Å². The van der Waals surface area contributed by atoms with E-state index in [9.17, 15) is 17.6 Å². The molecule has 11 heteroatoms. The third kappa shape index (κ3) is 5.31. The lowest BCUT2D eigenvalue weighted by molar-refractivity contribution is 0.0870. The van der Waals surface area contributed by atoms with Crippen LogP contribution in [0.15, 0.2) is 29.2 Å². The lowest BCUT2D eigenvalue weighted by Crippen LogP contribution is -2.41. The van der Waals surface area contributed by atoms with Gasteiger partial charge in [0.25, 0.3) is 0 Å². The number of ether oxygens (including phenoxy) is 1. The Morgan fingerprint density at radius 2 is 1.97 bits per heavy atom. The van der Waals surface area contributed by atoms with Crippen LogP contribution in [0.5, 0.6) is 5.88 Å². The number of carboxylic acid groups (broad SMARTS) is 1. The van der Waals surface area contributed by atoms with Gasteiger partial charge in [0.15, 0.2) is 9.84 Å². The van der Waals surface area contributed by atoms with Crippen molar-refractivity contribution in [1.82, 2.24) is 14.9 Å². The SMILES string of the molecule is Cc1nc(Nc2ccc(S(C)(=O)=O)cc2F)cc(OC2CCN(C(=O)O)CC2)n1. The molecular weight excluding hydrogens is 403 g/mol. The number of hydrogen-bond acceptors (Lipinski definition) is 7. The van der Waals surface area contributed by atoms with Gasteiger partial charge in [0, 0.05) is 38.3 Å². The van der Waals surface area contributed by atoms with Crippen molar-refractivity contribution in [3.05, 3.63) is 35.9 Å². The molecular formula is C18H21FN4O5S. The first-order valence-corrected chi connectivity index (χ1v) is 10.8. The second-order valence-electron chi connectivity index (χ2n) is 6.76. The number of nitrogens with one attached hydrogen (secondary N) is 1. The van der Waals surface area contributed by atoms with Crippen molar-refractivity contribution < 1.29 is 27.4 Å². The molecule has 1 amide bonds. The molecule has 2 N–H and O–H groups in total. The predicted molar refractivity (Wildman–Crippen MR) is 103 cm³/mol. The van der Waals surface area contributed by atoms with E-state index < -0.39 is 21.7 Å². The number of sulfone groups is 1. The Morgan fingerprint density at radius 3 is 2.55 bits per heavy atom. The van der Waals surface area contributed by atoms with Crippen molar-refractivity contribution in [2.75, 3.05) is 24.7 Å². The Bertz CT molecular complexity index is 1020. The van der Waals surface area contributed by atoms with Crippen LogP contribution in [0.4, 0.5) is 20.7 Å². The fraction of sp³-hybridized carbons (Fsp3) is 0.389. The first-order chi connectivity index (χ1) is 13.6. The molecule has 1 fully saturated rings. The Morgan fingerprint density at radius 1 is 1.28 bits per heavy atom. The smallest absolute Gasteiger partial charge is 0.407 e. The number of rotatable bonds is 5. The summed E-state index contributed by atoms with van der Waals surface area (Å²) in [5.74, 6) is 0.261. The lowest BCUT2D eigenvalue weighted by atomic mass is 10.1. The van der Waals surface area contributed by atoms with Crippen molar-refractivity contribution in [2.45, 2.75) is 30.8 Å². The van der Waals surface area contributed by atoms with Crippen molar-refractivity contribution in [1.29, 1.82) is 0 Å². The molecule has 0 atom stereocenters. The first-order valence-electron chi connectivity index (χ1n) is 8.88. The van der Waals surface area contributed by atoms with Gasteiger partial charge in [-0.2, -0.15) is 4.98 Å². The second-order valence-corrected chi connectivity index (χ2v) is 8.78. The minimum atomic E-state index is -3.51. The van der Waals surface area contributed by atoms with E-state index in [1.807, 2.05) is 0 Å². The quantitative estimate of drug-likeness (QED) is 0.751. The molecule has 0 aliphatic carbocycles. The zero-order valence-corrected chi connectivity index (χ0v) is 16.7. The molecule has 1 aromatic carbocycles. The normalized spacial score (nSPS) is 15.2. The van der Waals surface area contributed by atoms with E-state index in [2.05, 4.69) is 15.3 Å². The highest BCUT2D eigenvalue weighted by atomic mass is 32.2. The zero-order chi connectivity index (χ0) is 21.2. The molecule has 0 radical (unpaired) electrons. The average molecular weight is 424 g/mol. The van der Waals surface area contributed by atoms with E-state index in [4.69, 9.17) is 9.84 Å². The van der Waals surface area contributed by atoms with E-state index in [-0.39, 0.29) is 16.7 Å². The summed E-state index contributed by atoms with van der Waals surface area (Å²) in [5, 5.41) is 11.8. The number of carbonyl (C=O) groups is 1. The van der Waals surface area contributed by atoms with Gasteiger partial charge in [-0.15, -0.1) is 0 Å². The standard InChI is InChI=1S/C18H21FN4O5S/c1-11-20-16(22-15-4-3-13(9-14(15)19)29(2,26)27)10-17(21-11)28-12-5-7-23(8-6-12)18(24)25/h3-4,9-10,12H,5-8H2,1-2H3,(H,24,25)(H,20,21,22). The van der Waals surface area contributed by atoms with Crippen LogP contribution in [0.3, 0.4) is 0 Å². The third-order valence-corrected chi connectivity index (χ3v) is 5.56. The monoisotopic (exact) mass is 424 g/mol. The number of piperidine rings is 1. The minimum Gasteiger partial charge on any atom is -0.474 e. The highest BCUT2D eigenvalue weighted by Gasteiger charge is 2.24. The highest BCUT2D eigenvalue weighted by molar-refractivity contribution is 7.90. The molecule has 9 nitrogen and oxygen atoms in total. The van der Waals surface area contributed by atoms with Crippen LogP contribution in [-0.2, 0) is 9.84 Å². The summed E-state index contributed by atoms with van der Waals surface area (Å²) in [4.78, 5) is 20.6. The van der Waals surface area contributed by atoms with Crippen molar-refractivity contribution in [3.63, 3.8) is 0 Å². The van der Waals surface area contributed by atoms with Crippen LogP contribution in [0.1, 0.15) is 18.7 Å². The van der Waals surface area contributed by atoms with Gasteiger partial charge in [0.1, 0.15) is 23.6 Å². The number of anilines is 2. The van der Waals surface area contributed by atoms with Crippen LogP contribution in [-0.4, -0.2) is 59.9 Å². The topological polar surface area (TPSA) is 122 Å². The van der Waals surface area contributed by atoms with Gasteiger partial charge < -0.3 is 20.1 Å². The number of hydrogen-bond donors (Lipinski definition) is 2. The van der Waals surface area contributed by atoms with Gasteiger partial charge in [-0.1, -0.05) is 0 Å². The number of aryl methyl sites for hydroxylation is 1. The van der Waals surface area contributed by atoms with Gasteiger partial charge >= 0.3 is 6.09 Å². The maximum absolute atomic E-state index is 14.3. The second kappa shape index (κ2) is 8.19. The Hall–Kier alpha value is -2.95. The Kier molecular flexibility index (Phi) is 5.87. The van der Waals surface area contributed by atoms with Gasteiger partial charge in [0.2, 0.25) is 5.88 Å². The third-order valence-electron chi connectivity index (χ3n) is 4.45. The molecule has 1 aliphatic rings. The molecule has 2 aromatic rings. The van der Waals surface area contributed by atoms with Gasteiger partial charge in [-0.05, 0) is 25.1 Å². The van der Waals surface area contributed by atoms with E-state index in [0.717, 1.165) is 12.3 Å². The summed E-state index contributed by atoms with van der Waals surface area (Å²) in [5.41, 5.74) is 0.0659. The van der Waals surface area contributed by atoms with Crippen LogP contribution in [0.2, 0.25) is 0 Å². The van der Waals surface area contributed by atoms with Gasteiger partial charge in [0.05, 0.1) is 10.6 Å². The van der Waals surface area contributed by atoms with E-state index >= 15 is 0 Å². The van der Waals surface area contributed by atoms with Gasteiger partial charge in [-0.3, -0.25) is 0 Å². The fourth-order valence-corrected chi connectivity index (χ4v) is 3.60. The number of halogens is 1. The molecule has 29 heavy (non-hydrogen) atoms. The summed E-state index contributed by atoms with van der Waals surface area (Å²) >= 11 is 0. The van der Waals surface area contributed by atoms with Crippen LogP contribution >= 0.6 is 0 Å². The zero-order valence-electron chi connectivity index (χ0n) is 15.9. The number of likely N-dealkylation sites (tertiary alicyclic amines) is 1. The molecule has 2 heterocycles. The number of aromatic nitrogens is 2. The van der Waals surface area contributed by atoms with Crippen molar-refractivity contribution in [2.24, 2.45) is 0 Å². The molecule has 0 saturated carbocycles. The summed E-state index contributed by atoms with van der Waals surface area (Å²) in [6.07, 6.45) is 0.961. The molecule has 1 saturated heterocycles. The minimum absolute atomic E-state index is 0.0659. The van der Waals surface area contributed by atoms with Crippen LogP contribution in [0, 0.1) is 12.7 Å². The maximum Gasteiger partial charge on any atom is 0.407 e. The molecule has 3 rings (SSSR count). The maximum atomic E-state index is 14.3. The molecule has 0 spiro atoms. The van der Waals surface area contributed by atoms with Crippen LogP contribution in [0.25, 0.3) is 0 Å². The molecule has 0 unspecified atom stereocenters. The van der Waals surface area contributed by atoms with E-state index in [1.165, 1.54) is 23.1 Å². The van der Waals surface area contributed by atoms with E-state index in [0.29, 0.717) is 43.5 Å². The number of amides is 1. The van der Waals surface area contributed by atoms with Crippen LogP contribution < -0.4 is 10.1 Å². The summed E-state index contributed by atoms with van der Waals surface area (Å²) < 4.78 is 43.2. The number of benzene rings is 1. The van der Waals surface area contributed by atoms with Crippen molar-refractivity contribution in [3.8, 4) is 5.88 Å². The summed E-state index contributed by atoms with van der Waals surface area (Å²) in [7, 11) is -3.51. The Balaban J connectivity index is 1.72. The average Bonchev–Trinajstić information content (AvgIpc) is 2.62. The predicted octanol–water partition coefficient (Wildman–Crippen LogP) is 2.59. The lowest BCUT2D eigenvalue weighted by Gasteiger charge is -2.30. The highest BCUT2D eigenvalue weighted by Crippen LogP contribution is 2.25. The molecule has 1 aromatic heterocycles.